The summed E-state index contributed by atoms with van der Waals surface area (Å²) in [5.74, 6) is -0.334. The number of piperazine rings is 1. The van der Waals surface area contributed by atoms with E-state index in [9.17, 15) is 32.5 Å². The van der Waals surface area contributed by atoms with E-state index in [4.69, 9.17) is 0 Å². The van der Waals surface area contributed by atoms with Gasteiger partial charge in [-0.05, 0) is 36.2 Å². The van der Waals surface area contributed by atoms with Gasteiger partial charge in [0.1, 0.15) is 11.5 Å². The van der Waals surface area contributed by atoms with E-state index in [0.29, 0.717) is 19.0 Å². The third-order valence-corrected chi connectivity index (χ3v) is 5.01. The molecule has 0 unspecified atom stereocenters. The molecule has 31 heavy (non-hydrogen) atoms. The first-order valence-electron chi connectivity index (χ1n) is 9.53. The first kappa shape index (κ1) is 22.3. The van der Waals surface area contributed by atoms with Gasteiger partial charge in [-0.25, -0.2) is 9.18 Å². The Morgan fingerprint density at radius 3 is 2.29 bits per heavy atom. The van der Waals surface area contributed by atoms with Crippen LogP contribution in [0.3, 0.4) is 0 Å². The number of rotatable bonds is 5. The van der Waals surface area contributed by atoms with E-state index in [1.807, 2.05) is 0 Å². The van der Waals surface area contributed by atoms with Gasteiger partial charge >= 0.3 is 12.2 Å². The number of amides is 2. The van der Waals surface area contributed by atoms with Crippen molar-refractivity contribution in [2.24, 2.45) is 0 Å². The molecule has 1 saturated heterocycles. The summed E-state index contributed by atoms with van der Waals surface area (Å²) in [5.41, 5.74) is -0.732. The zero-order chi connectivity index (χ0) is 22.6. The highest BCUT2D eigenvalue weighted by atomic mass is 19.4. The number of alkyl halides is 3. The fourth-order valence-electron chi connectivity index (χ4n) is 3.34. The number of urea groups is 1. The van der Waals surface area contributed by atoms with Gasteiger partial charge in [0, 0.05) is 38.8 Å². The molecule has 1 aliphatic rings. The normalized spacial score (nSPS) is 14.5. The lowest BCUT2D eigenvalue weighted by Gasteiger charge is -2.35. The molecule has 0 aromatic heterocycles. The zero-order valence-electron chi connectivity index (χ0n) is 16.4. The fraction of sp³-hybridized carbons (Fsp3) is 0.350. The van der Waals surface area contributed by atoms with Gasteiger partial charge in [0.15, 0.2) is 0 Å². The number of nitro groups is 1. The maximum absolute atomic E-state index is 12.9. The molecule has 1 fully saturated rings. The SMILES string of the molecule is O=C(NCCc1ccc(F)cc1)N1CCN(c2ccc(C(F)(F)F)cc2[N+](=O)[O-])CC1. The van der Waals surface area contributed by atoms with E-state index < -0.39 is 22.4 Å². The average molecular weight is 440 g/mol. The number of hydrogen-bond donors (Lipinski definition) is 1. The highest BCUT2D eigenvalue weighted by Gasteiger charge is 2.34. The van der Waals surface area contributed by atoms with Crippen molar-refractivity contribution in [3.8, 4) is 0 Å². The largest absolute Gasteiger partial charge is 0.416 e. The lowest BCUT2D eigenvalue weighted by atomic mass is 10.1. The molecule has 0 atom stereocenters. The van der Waals surface area contributed by atoms with E-state index in [-0.39, 0.29) is 43.7 Å². The Morgan fingerprint density at radius 2 is 1.71 bits per heavy atom. The molecule has 2 aromatic rings. The molecule has 1 N–H and O–H groups in total. The maximum Gasteiger partial charge on any atom is 0.416 e. The molecule has 1 aliphatic heterocycles. The second kappa shape index (κ2) is 9.19. The Morgan fingerprint density at radius 1 is 1.06 bits per heavy atom. The van der Waals surface area contributed by atoms with Crippen molar-refractivity contribution in [2.75, 3.05) is 37.6 Å². The summed E-state index contributed by atoms with van der Waals surface area (Å²) in [6.07, 6.45) is -4.14. The van der Waals surface area contributed by atoms with Gasteiger partial charge < -0.3 is 15.1 Å². The van der Waals surface area contributed by atoms with Gasteiger partial charge in [-0.2, -0.15) is 13.2 Å². The van der Waals surface area contributed by atoms with Crippen molar-refractivity contribution in [1.82, 2.24) is 10.2 Å². The smallest absolute Gasteiger partial charge is 0.362 e. The van der Waals surface area contributed by atoms with E-state index >= 15 is 0 Å². The lowest BCUT2D eigenvalue weighted by molar-refractivity contribution is -0.384. The van der Waals surface area contributed by atoms with Crippen LogP contribution in [-0.2, 0) is 12.6 Å². The minimum absolute atomic E-state index is 0.0920. The van der Waals surface area contributed by atoms with Crippen LogP contribution in [0.1, 0.15) is 11.1 Å². The Balaban J connectivity index is 1.55. The van der Waals surface area contributed by atoms with Crippen molar-refractivity contribution in [3.63, 3.8) is 0 Å². The quantitative estimate of drug-likeness (QED) is 0.436. The van der Waals surface area contributed by atoms with Crippen molar-refractivity contribution in [3.05, 3.63) is 69.5 Å². The number of carbonyl (C=O) groups is 1. The molecule has 166 valence electrons. The maximum atomic E-state index is 12.9. The predicted molar refractivity (Wildman–Crippen MR) is 105 cm³/mol. The van der Waals surface area contributed by atoms with Crippen molar-refractivity contribution < 1.29 is 27.3 Å². The van der Waals surface area contributed by atoms with Crippen LogP contribution in [0.2, 0.25) is 0 Å². The highest BCUT2D eigenvalue weighted by molar-refractivity contribution is 5.75. The molecule has 1 heterocycles. The van der Waals surface area contributed by atoms with Gasteiger partial charge in [0.2, 0.25) is 0 Å². The van der Waals surface area contributed by atoms with Crippen LogP contribution in [0.15, 0.2) is 42.5 Å². The topological polar surface area (TPSA) is 78.7 Å². The molecule has 2 aromatic carbocycles. The van der Waals surface area contributed by atoms with Crippen LogP contribution in [0.4, 0.5) is 33.7 Å². The number of halogens is 4. The first-order valence-corrected chi connectivity index (χ1v) is 9.53. The summed E-state index contributed by atoms with van der Waals surface area (Å²) in [6.45, 7) is 1.38. The van der Waals surface area contributed by atoms with Gasteiger partial charge in [0.05, 0.1) is 10.5 Å². The van der Waals surface area contributed by atoms with Gasteiger partial charge in [-0.1, -0.05) is 12.1 Å². The van der Waals surface area contributed by atoms with E-state index in [1.165, 1.54) is 17.0 Å². The summed E-state index contributed by atoms with van der Waals surface area (Å²) < 4.78 is 51.5. The number of carbonyl (C=O) groups excluding carboxylic acids is 1. The standard InChI is InChI=1S/C20H20F4N4O3/c21-16-4-1-14(2-5-16)7-8-25-19(29)27-11-9-26(10-12-27)17-6-3-15(20(22,23)24)13-18(17)28(30)31/h1-6,13H,7-12H2,(H,25,29). The summed E-state index contributed by atoms with van der Waals surface area (Å²) >= 11 is 0. The van der Waals surface area contributed by atoms with Gasteiger partial charge in [0.25, 0.3) is 5.69 Å². The zero-order valence-corrected chi connectivity index (χ0v) is 16.4. The molecular weight excluding hydrogens is 420 g/mol. The Labute approximate surface area is 175 Å². The molecule has 2 amide bonds. The van der Waals surface area contributed by atoms with Crippen LogP contribution in [-0.4, -0.2) is 48.6 Å². The van der Waals surface area contributed by atoms with Crippen molar-refractivity contribution in [1.29, 1.82) is 0 Å². The van der Waals surface area contributed by atoms with Crippen LogP contribution < -0.4 is 10.2 Å². The molecule has 0 saturated carbocycles. The van der Waals surface area contributed by atoms with E-state index in [1.54, 1.807) is 17.0 Å². The summed E-state index contributed by atoms with van der Waals surface area (Å²) in [6, 6.07) is 8.10. The number of nitrogens with zero attached hydrogens (tertiary/aromatic N) is 3. The third-order valence-electron chi connectivity index (χ3n) is 5.01. The first-order chi connectivity index (χ1) is 14.6. The van der Waals surface area contributed by atoms with E-state index in [2.05, 4.69) is 5.32 Å². The second-order valence-corrected chi connectivity index (χ2v) is 7.04. The summed E-state index contributed by atoms with van der Waals surface area (Å²) in [7, 11) is 0. The van der Waals surface area contributed by atoms with Crippen molar-refractivity contribution in [2.45, 2.75) is 12.6 Å². The van der Waals surface area contributed by atoms with E-state index in [0.717, 1.165) is 17.7 Å². The lowest BCUT2D eigenvalue weighted by Crippen LogP contribution is -2.52. The predicted octanol–water partition coefficient (Wildman–Crippen LogP) is 3.83. The molecule has 0 radical (unpaired) electrons. The van der Waals surface area contributed by atoms with Crippen molar-refractivity contribution >= 4 is 17.4 Å². The second-order valence-electron chi connectivity index (χ2n) is 7.04. The minimum Gasteiger partial charge on any atom is -0.362 e. The minimum atomic E-state index is -4.67. The summed E-state index contributed by atoms with van der Waals surface area (Å²) in [4.78, 5) is 25.9. The number of benzene rings is 2. The molecule has 7 nitrogen and oxygen atoms in total. The van der Waals surface area contributed by atoms with Gasteiger partial charge in [-0.3, -0.25) is 10.1 Å². The molecule has 3 rings (SSSR count). The Hall–Kier alpha value is -3.37. The summed E-state index contributed by atoms with van der Waals surface area (Å²) in [5, 5.41) is 14.1. The Kier molecular flexibility index (Phi) is 6.62. The van der Waals surface area contributed by atoms with Gasteiger partial charge in [-0.15, -0.1) is 0 Å². The third kappa shape index (κ3) is 5.62. The molecule has 0 bridgehead atoms. The number of nitro benzene ring substituents is 1. The molecule has 0 spiro atoms. The Bertz CT molecular complexity index is 942. The fourth-order valence-corrected chi connectivity index (χ4v) is 3.34. The van der Waals surface area contributed by atoms with Crippen LogP contribution in [0, 0.1) is 15.9 Å². The molecule has 11 heteroatoms. The van der Waals surface area contributed by atoms with Crippen LogP contribution in [0.25, 0.3) is 0 Å². The number of nitrogens with one attached hydrogen (secondary N) is 1. The molecule has 0 aliphatic carbocycles. The molecular formula is C20H20F4N4O3. The van der Waals surface area contributed by atoms with Crippen LogP contribution in [0.5, 0.6) is 0 Å². The number of anilines is 1. The average Bonchev–Trinajstić information content (AvgIpc) is 2.74. The van der Waals surface area contributed by atoms with Crippen LogP contribution >= 0.6 is 0 Å². The number of hydrogen-bond acceptors (Lipinski definition) is 4. The monoisotopic (exact) mass is 440 g/mol. The highest BCUT2D eigenvalue weighted by Crippen LogP contribution is 2.36.